The van der Waals surface area contributed by atoms with Gasteiger partial charge < -0.3 is 5.11 Å². The molecule has 5 rings (SSSR count). The van der Waals surface area contributed by atoms with Gasteiger partial charge in [-0.15, -0.1) is 0 Å². The molecule has 0 saturated carbocycles. The van der Waals surface area contributed by atoms with Gasteiger partial charge >= 0.3 is 5.97 Å². The lowest BCUT2D eigenvalue weighted by Crippen LogP contribution is -1.96. The third-order valence-electron chi connectivity index (χ3n) is 5.27. The molecule has 0 atom stereocenters. The molecule has 0 unspecified atom stereocenters. The highest BCUT2D eigenvalue weighted by atomic mass is 16.4. The van der Waals surface area contributed by atoms with Crippen LogP contribution in [0.4, 0.5) is 0 Å². The van der Waals surface area contributed by atoms with Crippen LogP contribution in [0.3, 0.4) is 0 Å². The average Bonchev–Trinajstić information content (AvgIpc) is 3.06. The van der Waals surface area contributed by atoms with Crippen molar-refractivity contribution in [3.63, 3.8) is 0 Å². The molecule has 0 fully saturated rings. The van der Waals surface area contributed by atoms with Crippen LogP contribution in [0.25, 0.3) is 33.0 Å². The van der Waals surface area contributed by atoms with E-state index in [9.17, 15) is 9.90 Å². The van der Waals surface area contributed by atoms with Crippen LogP contribution in [0.15, 0.2) is 78.9 Å². The summed E-state index contributed by atoms with van der Waals surface area (Å²) in [5, 5.41) is 11.3. The van der Waals surface area contributed by atoms with E-state index in [1.165, 1.54) is 27.8 Å². The number of carboxylic acids is 1. The summed E-state index contributed by atoms with van der Waals surface area (Å²) in [7, 11) is 0. The first-order chi connectivity index (χ1) is 12.7. The van der Waals surface area contributed by atoms with E-state index in [0.717, 1.165) is 22.8 Å². The standard InChI is InChI=1S/C24H16O2/c25-24(26)17-11-12-19-15(13-17)6-3-8-20(19)22-10-4-9-21-18-7-2-1-5-16(18)14-23(21)22/h1-13H,14H2,(H,25,26). The highest BCUT2D eigenvalue weighted by Crippen LogP contribution is 2.42. The minimum atomic E-state index is -0.895. The molecule has 26 heavy (non-hydrogen) atoms. The molecule has 4 aromatic rings. The zero-order valence-corrected chi connectivity index (χ0v) is 14.1. The summed E-state index contributed by atoms with van der Waals surface area (Å²) in [6.07, 6.45) is 0.936. The number of benzene rings is 4. The van der Waals surface area contributed by atoms with E-state index in [1.807, 2.05) is 18.2 Å². The number of rotatable bonds is 2. The minimum absolute atomic E-state index is 0.320. The van der Waals surface area contributed by atoms with Crippen LogP contribution >= 0.6 is 0 Å². The number of hydrogen-bond acceptors (Lipinski definition) is 1. The van der Waals surface area contributed by atoms with E-state index in [0.29, 0.717) is 5.56 Å². The van der Waals surface area contributed by atoms with Crippen LogP contribution in [0.5, 0.6) is 0 Å². The molecule has 0 radical (unpaired) electrons. The van der Waals surface area contributed by atoms with Gasteiger partial charge in [-0.3, -0.25) is 0 Å². The molecule has 2 heteroatoms. The van der Waals surface area contributed by atoms with Crippen LogP contribution < -0.4 is 0 Å². The van der Waals surface area contributed by atoms with Crippen molar-refractivity contribution < 1.29 is 9.90 Å². The summed E-state index contributed by atoms with van der Waals surface area (Å²) in [5.41, 5.74) is 8.04. The molecule has 124 valence electrons. The van der Waals surface area contributed by atoms with Crippen LogP contribution in [-0.2, 0) is 6.42 Å². The summed E-state index contributed by atoms with van der Waals surface area (Å²) < 4.78 is 0. The fraction of sp³-hybridized carbons (Fsp3) is 0.0417. The third-order valence-corrected chi connectivity index (χ3v) is 5.27. The SMILES string of the molecule is O=C(O)c1ccc2c(-c3cccc4c3Cc3ccccc3-4)cccc2c1. The highest BCUT2D eigenvalue weighted by molar-refractivity contribution is 6.02. The lowest BCUT2D eigenvalue weighted by atomic mass is 9.91. The Kier molecular flexibility index (Phi) is 3.19. The van der Waals surface area contributed by atoms with Gasteiger partial charge in [0.2, 0.25) is 0 Å². The Morgan fingerprint density at radius 3 is 2.27 bits per heavy atom. The van der Waals surface area contributed by atoms with Gasteiger partial charge in [-0.1, -0.05) is 66.7 Å². The van der Waals surface area contributed by atoms with E-state index in [4.69, 9.17) is 0 Å². The highest BCUT2D eigenvalue weighted by Gasteiger charge is 2.21. The molecule has 0 aromatic heterocycles. The summed E-state index contributed by atoms with van der Waals surface area (Å²) in [6.45, 7) is 0. The van der Waals surface area contributed by atoms with Crippen molar-refractivity contribution in [2.24, 2.45) is 0 Å². The van der Waals surface area contributed by atoms with Gasteiger partial charge in [-0.25, -0.2) is 4.79 Å². The number of carboxylic acid groups (broad SMARTS) is 1. The van der Waals surface area contributed by atoms with Crippen molar-refractivity contribution in [1.82, 2.24) is 0 Å². The van der Waals surface area contributed by atoms with Crippen molar-refractivity contribution in [2.45, 2.75) is 6.42 Å². The maximum absolute atomic E-state index is 11.3. The smallest absolute Gasteiger partial charge is 0.335 e. The maximum Gasteiger partial charge on any atom is 0.335 e. The average molecular weight is 336 g/mol. The van der Waals surface area contributed by atoms with Crippen molar-refractivity contribution in [1.29, 1.82) is 0 Å². The second-order valence-corrected chi connectivity index (χ2v) is 6.71. The van der Waals surface area contributed by atoms with E-state index < -0.39 is 5.97 Å². The molecule has 0 heterocycles. The predicted molar refractivity (Wildman–Crippen MR) is 105 cm³/mol. The first kappa shape index (κ1) is 14.9. The van der Waals surface area contributed by atoms with Gasteiger partial charge in [0, 0.05) is 0 Å². The summed E-state index contributed by atoms with van der Waals surface area (Å²) in [5.74, 6) is -0.895. The Balaban J connectivity index is 1.74. The summed E-state index contributed by atoms with van der Waals surface area (Å²) >= 11 is 0. The molecule has 1 aliphatic rings. The number of aromatic carboxylic acids is 1. The Hall–Kier alpha value is -3.39. The number of fused-ring (bicyclic) bond motifs is 4. The minimum Gasteiger partial charge on any atom is -0.478 e. The topological polar surface area (TPSA) is 37.3 Å². The molecular formula is C24H16O2. The monoisotopic (exact) mass is 336 g/mol. The molecule has 1 aliphatic carbocycles. The first-order valence-corrected chi connectivity index (χ1v) is 8.69. The predicted octanol–water partition coefficient (Wildman–Crippen LogP) is 5.78. The van der Waals surface area contributed by atoms with Crippen molar-refractivity contribution in [3.8, 4) is 22.3 Å². The summed E-state index contributed by atoms with van der Waals surface area (Å²) in [6, 6.07) is 26.5. The number of carbonyl (C=O) groups is 1. The lowest BCUT2D eigenvalue weighted by Gasteiger charge is -2.12. The normalized spacial score (nSPS) is 12.0. The Labute approximate surface area is 151 Å². The Morgan fingerprint density at radius 2 is 1.42 bits per heavy atom. The van der Waals surface area contributed by atoms with E-state index in [1.54, 1.807) is 12.1 Å². The molecule has 0 amide bonds. The van der Waals surface area contributed by atoms with Gasteiger partial charge in [0.05, 0.1) is 5.56 Å². The molecular weight excluding hydrogens is 320 g/mol. The van der Waals surface area contributed by atoms with E-state index >= 15 is 0 Å². The van der Waals surface area contributed by atoms with Crippen molar-refractivity contribution in [3.05, 3.63) is 95.6 Å². The van der Waals surface area contributed by atoms with Gasteiger partial charge in [-0.2, -0.15) is 0 Å². The molecule has 0 spiro atoms. The first-order valence-electron chi connectivity index (χ1n) is 8.69. The molecule has 0 bridgehead atoms. The Morgan fingerprint density at radius 1 is 0.731 bits per heavy atom. The van der Waals surface area contributed by atoms with E-state index in [2.05, 4.69) is 48.5 Å². The van der Waals surface area contributed by atoms with Crippen LogP contribution in [0.2, 0.25) is 0 Å². The summed E-state index contributed by atoms with van der Waals surface area (Å²) in [4.78, 5) is 11.3. The zero-order chi connectivity index (χ0) is 17.7. The second-order valence-electron chi connectivity index (χ2n) is 6.71. The van der Waals surface area contributed by atoms with Crippen molar-refractivity contribution >= 4 is 16.7 Å². The second kappa shape index (κ2) is 5.57. The fourth-order valence-electron chi connectivity index (χ4n) is 4.06. The maximum atomic E-state index is 11.3. The molecule has 4 aromatic carbocycles. The fourth-order valence-corrected chi connectivity index (χ4v) is 4.06. The molecule has 0 aliphatic heterocycles. The lowest BCUT2D eigenvalue weighted by molar-refractivity contribution is 0.0697. The van der Waals surface area contributed by atoms with Crippen LogP contribution in [0.1, 0.15) is 21.5 Å². The van der Waals surface area contributed by atoms with Crippen LogP contribution in [-0.4, -0.2) is 11.1 Å². The largest absolute Gasteiger partial charge is 0.478 e. The van der Waals surface area contributed by atoms with Gasteiger partial charge in [0.1, 0.15) is 0 Å². The zero-order valence-electron chi connectivity index (χ0n) is 14.1. The van der Waals surface area contributed by atoms with Crippen LogP contribution in [0, 0.1) is 0 Å². The van der Waals surface area contributed by atoms with Gasteiger partial charge in [0.25, 0.3) is 0 Å². The number of hydrogen-bond donors (Lipinski definition) is 1. The van der Waals surface area contributed by atoms with Gasteiger partial charge in [0.15, 0.2) is 0 Å². The van der Waals surface area contributed by atoms with E-state index in [-0.39, 0.29) is 0 Å². The quantitative estimate of drug-likeness (QED) is 0.444. The molecule has 1 N–H and O–H groups in total. The third kappa shape index (κ3) is 2.16. The molecule has 0 saturated heterocycles. The van der Waals surface area contributed by atoms with Crippen molar-refractivity contribution in [2.75, 3.05) is 0 Å². The Bertz CT molecular complexity index is 1190. The molecule has 2 nitrogen and oxygen atoms in total. The van der Waals surface area contributed by atoms with Gasteiger partial charge in [-0.05, 0) is 62.7 Å².